The Balaban J connectivity index is 2.69. The molecular formula is C14H29NO3S2. The van der Waals surface area contributed by atoms with Crippen molar-refractivity contribution in [1.29, 1.82) is 0 Å². The Kier molecular flexibility index (Phi) is 6.67. The Bertz CT molecular complexity index is 432. The van der Waals surface area contributed by atoms with Crippen molar-refractivity contribution in [2.24, 2.45) is 5.41 Å². The average Bonchev–Trinajstić information content (AvgIpc) is 2.33. The molecule has 0 bridgehead atoms. The fraction of sp³-hybridized carbons (Fsp3) is 1.00. The van der Waals surface area contributed by atoms with E-state index in [1.165, 1.54) is 6.26 Å². The third-order valence-corrected chi connectivity index (χ3v) is 6.97. The van der Waals surface area contributed by atoms with Gasteiger partial charge in [-0.3, -0.25) is 4.21 Å². The summed E-state index contributed by atoms with van der Waals surface area (Å²) in [4.78, 5) is 0. The van der Waals surface area contributed by atoms with Crippen LogP contribution in [0.15, 0.2) is 0 Å². The van der Waals surface area contributed by atoms with Crippen LogP contribution in [0.2, 0.25) is 0 Å². The van der Waals surface area contributed by atoms with E-state index in [1.807, 2.05) is 0 Å². The smallest absolute Gasteiger partial charge is 0.148 e. The maximum Gasteiger partial charge on any atom is 0.148 e. The monoisotopic (exact) mass is 323 g/mol. The first kappa shape index (κ1) is 18.1. The lowest BCUT2D eigenvalue weighted by atomic mass is 9.75. The largest absolute Gasteiger partial charge is 0.313 e. The number of sulfone groups is 1. The van der Waals surface area contributed by atoms with Crippen molar-refractivity contribution in [1.82, 2.24) is 5.32 Å². The maximum absolute atomic E-state index is 12.5. The molecule has 0 aliphatic heterocycles. The molecule has 1 rings (SSSR count). The van der Waals surface area contributed by atoms with E-state index in [1.54, 1.807) is 0 Å². The van der Waals surface area contributed by atoms with Crippen molar-refractivity contribution in [2.45, 2.75) is 57.7 Å². The summed E-state index contributed by atoms with van der Waals surface area (Å²) in [6.45, 7) is 7.48. The molecule has 1 aliphatic rings. The molecule has 0 aromatic carbocycles. The predicted molar refractivity (Wildman–Crippen MR) is 86.2 cm³/mol. The van der Waals surface area contributed by atoms with Crippen LogP contribution in [0.3, 0.4) is 0 Å². The van der Waals surface area contributed by atoms with Gasteiger partial charge >= 0.3 is 0 Å². The molecule has 0 aromatic heterocycles. The lowest BCUT2D eigenvalue weighted by Gasteiger charge is -2.40. The number of rotatable bonds is 7. The Morgan fingerprint density at radius 3 is 2.55 bits per heavy atom. The van der Waals surface area contributed by atoms with Crippen LogP contribution in [0.4, 0.5) is 0 Å². The van der Waals surface area contributed by atoms with Gasteiger partial charge in [0, 0.05) is 28.9 Å². The Morgan fingerprint density at radius 2 is 2.00 bits per heavy atom. The summed E-state index contributed by atoms with van der Waals surface area (Å²) in [7, 11) is -4.11. The van der Waals surface area contributed by atoms with Crippen LogP contribution in [0.25, 0.3) is 0 Å². The zero-order valence-electron chi connectivity index (χ0n) is 13.1. The standard InChI is InChI=1S/C14H29NO3S2/c1-5-8-15-12-6-7-14(2,3)11-13(12)19(16)9-10-20(4,17)18/h12-13,15H,5-11H2,1-4H3. The zero-order valence-corrected chi connectivity index (χ0v) is 14.8. The highest BCUT2D eigenvalue weighted by molar-refractivity contribution is 7.92. The highest BCUT2D eigenvalue weighted by Gasteiger charge is 2.37. The molecule has 0 heterocycles. The Labute approximate surface area is 126 Å². The van der Waals surface area contributed by atoms with E-state index in [4.69, 9.17) is 0 Å². The minimum Gasteiger partial charge on any atom is -0.313 e. The third-order valence-electron chi connectivity index (χ3n) is 3.98. The number of hydrogen-bond acceptors (Lipinski definition) is 4. The van der Waals surface area contributed by atoms with Crippen LogP contribution < -0.4 is 5.32 Å². The molecule has 120 valence electrons. The third kappa shape index (κ3) is 6.22. The average molecular weight is 324 g/mol. The van der Waals surface area contributed by atoms with Crippen LogP contribution in [0.5, 0.6) is 0 Å². The maximum atomic E-state index is 12.5. The van der Waals surface area contributed by atoms with E-state index < -0.39 is 20.6 Å². The van der Waals surface area contributed by atoms with Crippen LogP contribution in [0, 0.1) is 5.41 Å². The van der Waals surface area contributed by atoms with Gasteiger partial charge in [-0.05, 0) is 37.6 Å². The summed E-state index contributed by atoms with van der Waals surface area (Å²) in [6, 6.07) is 0.267. The second kappa shape index (κ2) is 7.36. The minimum absolute atomic E-state index is 0.0248. The van der Waals surface area contributed by atoms with Gasteiger partial charge in [-0.1, -0.05) is 20.8 Å². The molecule has 3 unspecified atom stereocenters. The van der Waals surface area contributed by atoms with E-state index in [-0.39, 0.29) is 28.2 Å². The molecule has 1 N–H and O–H groups in total. The van der Waals surface area contributed by atoms with E-state index >= 15 is 0 Å². The molecule has 0 aromatic rings. The summed E-state index contributed by atoms with van der Waals surface area (Å²) in [5, 5.41) is 3.57. The quantitative estimate of drug-likeness (QED) is 0.775. The Hall–Kier alpha value is 0.0600. The first-order valence-corrected chi connectivity index (χ1v) is 10.9. The molecule has 1 saturated carbocycles. The summed E-state index contributed by atoms with van der Waals surface area (Å²) >= 11 is 0. The number of hydrogen-bond donors (Lipinski definition) is 1. The van der Waals surface area contributed by atoms with E-state index in [2.05, 4.69) is 26.1 Å². The van der Waals surface area contributed by atoms with Gasteiger partial charge in [-0.2, -0.15) is 0 Å². The van der Waals surface area contributed by atoms with E-state index in [9.17, 15) is 12.6 Å². The topological polar surface area (TPSA) is 63.2 Å². The minimum atomic E-state index is -3.03. The molecule has 0 spiro atoms. The summed E-state index contributed by atoms with van der Waals surface area (Å²) < 4.78 is 35.0. The molecule has 1 aliphatic carbocycles. The SMILES string of the molecule is CCCNC1CCC(C)(C)CC1S(=O)CCS(C)(=O)=O. The van der Waals surface area contributed by atoms with Gasteiger partial charge in [0.2, 0.25) is 0 Å². The summed E-state index contributed by atoms with van der Waals surface area (Å²) in [5.41, 5.74) is 0.204. The van der Waals surface area contributed by atoms with Crippen molar-refractivity contribution in [3.63, 3.8) is 0 Å². The highest BCUT2D eigenvalue weighted by atomic mass is 32.2. The van der Waals surface area contributed by atoms with E-state index in [0.29, 0.717) is 0 Å². The van der Waals surface area contributed by atoms with Crippen LogP contribution in [0.1, 0.15) is 46.5 Å². The van der Waals surface area contributed by atoms with Gasteiger partial charge in [-0.15, -0.1) is 0 Å². The normalized spacial score (nSPS) is 28.2. The summed E-state index contributed by atoms with van der Waals surface area (Å²) in [5.74, 6) is 0.293. The number of nitrogens with one attached hydrogen (secondary N) is 1. The van der Waals surface area contributed by atoms with Crippen molar-refractivity contribution >= 4 is 20.6 Å². The molecule has 0 radical (unpaired) electrons. The molecule has 0 saturated heterocycles. The van der Waals surface area contributed by atoms with Crippen molar-refractivity contribution in [3.8, 4) is 0 Å². The van der Waals surface area contributed by atoms with Crippen molar-refractivity contribution in [2.75, 3.05) is 24.3 Å². The molecule has 20 heavy (non-hydrogen) atoms. The molecule has 1 fully saturated rings. The second-order valence-corrected chi connectivity index (χ2v) is 10.8. The molecule has 0 amide bonds. The first-order valence-electron chi connectivity index (χ1n) is 7.43. The molecule has 4 nitrogen and oxygen atoms in total. The zero-order chi connectivity index (χ0) is 15.4. The van der Waals surface area contributed by atoms with Crippen molar-refractivity contribution in [3.05, 3.63) is 0 Å². The fourth-order valence-corrected chi connectivity index (χ4v) is 6.15. The second-order valence-electron chi connectivity index (χ2n) is 6.72. The Morgan fingerprint density at radius 1 is 1.35 bits per heavy atom. The lowest BCUT2D eigenvalue weighted by Crippen LogP contribution is -2.49. The molecular weight excluding hydrogens is 294 g/mol. The highest BCUT2D eigenvalue weighted by Crippen LogP contribution is 2.37. The molecule has 6 heteroatoms. The fourth-order valence-electron chi connectivity index (χ4n) is 2.75. The van der Waals surface area contributed by atoms with Crippen LogP contribution in [-0.4, -0.2) is 48.2 Å². The summed E-state index contributed by atoms with van der Waals surface area (Å²) in [6.07, 6.45) is 5.34. The van der Waals surface area contributed by atoms with Crippen LogP contribution in [-0.2, 0) is 20.6 Å². The predicted octanol–water partition coefficient (Wildman–Crippen LogP) is 1.73. The van der Waals surface area contributed by atoms with E-state index in [0.717, 1.165) is 32.2 Å². The van der Waals surface area contributed by atoms with Gasteiger partial charge in [0.25, 0.3) is 0 Å². The van der Waals surface area contributed by atoms with Gasteiger partial charge in [0.1, 0.15) is 9.84 Å². The van der Waals surface area contributed by atoms with Gasteiger partial charge < -0.3 is 5.32 Å². The van der Waals surface area contributed by atoms with Crippen LogP contribution >= 0.6 is 0 Å². The first-order chi connectivity index (χ1) is 9.14. The van der Waals surface area contributed by atoms with Gasteiger partial charge in [0.15, 0.2) is 0 Å². The van der Waals surface area contributed by atoms with Gasteiger partial charge in [-0.25, -0.2) is 8.42 Å². The lowest BCUT2D eigenvalue weighted by molar-refractivity contribution is 0.212. The van der Waals surface area contributed by atoms with Crippen molar-refractivity contribution < 1.29 is 12.6 Å². The van der Waals surface area contributed by atoms with Gasteiger partial charge in [0.05, 0.1) is 11.0 Å². The molecule has 3 atom stereocenters.